The van der Waals surface area contributed by atoms with Gasteiger partial charge in [-0.1, -0.05) is 48.0 Å². The van der Waals surface area contributed by atoms with E-state index >= 15 is 0 Å². The predicted octanol–water partition coefficient (Wildman–Crippen LogP) is 2.69. The van der Waals surface area contributed by atoms with Crippen LogP contribution in [-0.2, 0) is 23.1 Å². The van der Waals surface area contributed by atoms with Gasteiger partial charge in [0, 0.05) is 19.6 Å². The first-order valence-electron chi connectivity index (χ1n) is 7.12. The maximum absolute atomic E-state index is 13.3. The second-order valence-electron chi connectivity index (χ2n) is 5.05. The standard InChI is InChI=1S/C16H18ClFN2O2S/c17-15-7-6-14(10-16(15)18)11-19-8-9-23(21,22)20-12-13-4-2-1-3-5-13/h1-7,10,19-20H,8-9,11-12H2. The summed E-state index contributed by atoms with van der Waals surface area (Å²) in [4.78, 5) is 0. The maximum Gasteiger partial charge on any atom is 0.213 e. The number of rotatable bonds is 8. The van der Waals surface area contributed by atoms with Crippen molar-refractivity contribution in [3.63, 3.8) is 0 Å². The van der Waals surface area contributed by atoms with Gasteiger partial charge in [0.1, 0.15) is 5.82 Å². The number of halogens is 2. The van der Waals surface area contributed by atoms with Crippen LogP contribution in [0.5, 0.6) is 0 Å². The van der Waals surface area contributed by atoms with E-state index in [0.717, 1.165) is 5.56 Å². The molecule has 2 aromatic carbocycles. The van der Waals surface area contributed by atoms with Gasteiger partial charge in [-0.3, -0.25) is 0 Å². The monoisotopic (exact) mass is 356 g/mol. The predicted molar refractivity (Wildman–Crippen MR) is 90.2 cm³/mol. The highest BCUT2D eigenvalue weighted by Crippen LogP contribution is 2.15. The number of hydrogen-bond acceptors (Lipinski definition) is 3. The van der Waals surface area contributed by atoms with Crippen molar-refractivity contribution in [1.82, 2.24) is 10.0 Å². The minimum Gasteiger partial charge on any atom is -0.312 e. The molecule has 0 unspecified atom stereocenters. The van der Waals surface area contributed by atoms with Crippen LogP contribution in [0.1, 0.15) is 11.1 Å². The van der Waals surface area contributed by atoms with E-state index in [2.05, 4.69) is 10.0 Å². The van der Waals surface area contributed by atoms with Crippen LogP contribution in [0.4, 0.5) is 4.39 Å². The second kappa shape index (κ2) is 8.40. The van der Waals surface area contributed by atoms with Gasteiger partial charge in [0.25, 0.3) is 0 Å². The second-order valence-corrected chi connectivity index (χ2v) is 7.38. The molecule has 0 amide bonds. The normalized spacial score (nSPS) is 11.6. The van der Waals surface area contributed by atoms with Crippen molar-refractivity contribution in [3.05, 3.63) is 70.5 Å². The fourth-order valence-corrected chi connectivity index (χ4v) is 3.01. The number of benzene rings is 2. The van der Waals surface area contributed by atoms with Gasteiger partial charge >= 0.3 is 0 Å². The van der Waals surface area contributed by atoms with E-state index in [4.69, 9.17) is 11.6 Å². The Morgan fingerprint density at radius 1 is 1.00 bits per heavy atom. The van der Waals surface area contributed by atoms with Gasteiger partial charge in [-0.25, -0.2) is 17.5 Å². The summed E-state index contributed by atoms with van der Waals surface area (Å²) in [6.45, 7) is 0.919. The fourth-order valence-electron chi connectivity index (χ4n) is 1.95. The Hall–Kier alpha value is -1.47. The maximum atomic E-state index is 13.3. The van der Waals surface area contributed by atoms with Crippen molar-refractivity contribution in [3.8, 4) is 0 Å². The number of nitrogens with one attached hydrogen (secondary N) is 2. The Morgan fingerprint density at radius 3 is 2.43 bits per heavy atom. The van der Waals surface area contributed by atoms with E-state index < -0.39 is 15.8 Å². The summed E-state index contributed by atoms with van der Waals surface area (Å²) in [5, 5.41) is 3.04. The molecule has 2 rings (SSSR count). The number of sulfonamides is 1. The molecule has 2 aromatic rings. The fraction of sp³-hybridized carbons (Fsp3) is 0.250. The SMILES string of the molecule is O=S(=O)(CCNCc1ccc(Cl)c(F)c1)NCc1ccccc1. The Labute approximate surface area is 140 Å². The van der Waals surface area contributed by atoms with Crippen LogP contribution in [-0.4, -0.2) is 20.7 Å². The molecule has 0 saturated heterocycles. The zero-order valence-electron chi connectivity index (χ0n) is 12.4. The van der Waals surface area contributed by atoms with E-state index in [9.17, 15) is 12.8 Å². The third-order valence-electron chi connectivity index (χ3n) is 3.20. The summed E-state index contributed by atoms with van der Waals surface area (Å²) >= 11 is 5.60. The zero-order chi connectivity index (χ0) is 16.7. The molecule has 0 atom stereocenters. The largest absolute Gasteiger partial charge is 0.312 e. The van der Waals surface area contributed by atoms with Crippen LogP contribution in [0.15, 0.2) is 48.5 Å². The average Bonchev–Trinajstić information content (AvgIpc) is 2.54. The molecule has 0 radical (unpaired) electrons. The summed E-state index contributed by atoms with van der Waals surface area (Å²) in [6, 6.07) is 13.8. The molecule has 0 aliphatic heterocycles. The highest BCUT2D eigenvalue weighted by molar-refractivity contribution is 7.89. The molecule has 7 heteroatoms. The molecule has 0 fully saturated rings. The minimum atomic E-state index is -3.36. The van der Waals surface area contributed by atoms with Crippen LogP contribution in [0.2, 0.25) is 5.02 Å². The summed E-state index contributed by atoms with van der Waals surface area (Å²) in [5.74, 6) is -0.529. The molecule has 0 bridgehead atoms. The first kappa shape index (κ1) is 17.9. The van der Waals surface area contributed by atoms with Gasteiger partial charge in [-0.2, -0.15) is 0 Å². The molecule has 23 heavy (non-hydrogen) atoms. The van der Waals surface area contributed by atoms with Crippen LogP contribution >= 0.6 is 11.6 Å². The van der Waals surface area contributed by atoms with Crippen LogP contribution < -0.4 is 10.0 Å². The highest BCUT2D eigenvalue weighted by atomic mass is 35.5. The van der Waals surface area contributed by atoms with Crippen molar-refractivity contribution in [2.75, 3.05) is 12.3 Å². The van der Waals surface area contributed by atoms with Crippen LogP contribution in [0.3, 0.4) is 0 Å². The molecule has 0 heterocycles. The summed E-state index contributed by atoms with van der Waals surface area (Å²) in [7, 11) is -3.36. The molecule has 0 spiro atoms. The van der Waals surface area contributed by atoms with E-state index in [1.54, 1.807) is 6.07 Å². The van der Waals surface area contributed by atoms with Crippen LogP contribution in [0, 0.1) is 5.82 Å². The first-order valence-corrected chi connectivity index (χ1v) is 9.15. The molecular formula is C16H18ClFN2O2S. The van der Waals surface area contributed by atoms with Gasteiger partial charge in [0.15, 0.2) is 0 Å². The lowest BCUT2D eigenvalue weighted by Gasteiger charge is -2.08. The topological polar surface area (TPSA) is 58.2 Å². The molecule has 0 saturated carbocycles. The van der Waals surface area contributed by atoms with Gasteiger partial charge in [-0.05, 0) is 23.3 Å². The Bertz CT molecular complexity index is 739. The molecule has 0 aromatic heterocycles. The molecule has 0 aliphatic rings. The third-order valence-corrected chi connectivity index (χ3v) is 4.83. The summed E-state index contributed by atoms with van der Waals surface area (Å²) in [6.07, 6.45) is 0. The molecule has 2 N–H and O–H groups in total. The van der Waals surface area contributed by atoms with E-state index in [1.807, 2.05) is 30.3 Å². The third kappa shape index (κ3) is 6.27. The van der Waals surface area contributed by atoms with Crippen molar-refractivity contribution in [1.29, 1.82) is 0 Å². The zero-order valence-corrected chi connectivity index (χ0v) is 14.0. The average molecular weight is 357 g/mol. The Morgan fingerprint density at radius 2 is 1.74 bits per heavy atom. The lowest BCUT2D eigenvalue weighted by Crippen LogP contribution is -2.31. The van der Waals surface area contributed by atoms with Gasteiger partial charge in [0.2, 0.25) is 10.0 Å². The first-order chi connectivity index (χ1) is 11.0. The molecule has 4 nitrogen and oxygen atoms in total. The van der Waals surface area contributed by atoms with Gasteiger partial charge in [-0.15, -0.1) is 0 Å². The van der Waals surface area contributed by atoms with E-state index in [1.165, 1.54) is 12.1 Å². The Kier molecular flexibility index (Phi) is 6.53. The number of hydrogen-bond donors (Lipinski definition) is 2. The Balaban J connectivity index is 1.73. The molecule has 124 valence electrons. The van der Waals surface area contributed by atoms with E-state index in [0.29, 0.717) is 12.1 Å². The van der Waals surface area contributed by atoms with Crippen molar-refractivity contribution >= 4 is 21.6 Å². The quantitative estimate of drug-likeness (QED) is 0.715. The molecule has 0 aliphatic carbocycles. The van der Waals surface area contributed by atoms with Crippen molar-refractivity contribution in [2.24, 2.45) is 0 Å². The van der Waals surface area contributed by atoms with E-state index in [-0.39, 0.29) is 23.9 Å². The molecular weight excluding hydrogens is 339 g/mol. The minimum absolute atomic E-state index is 0.0457. The van der Waals surface area contributed by atoms with Crippen molar-refractivity contribution < 1.29 is 12.8 Å². The van der Waals surface area contributed by atoms with Crippen molar-refractivity contribution in [2.45, 2.75) is 13.1 Å². The van der Waals surface area contributed by atoms with Gasteiger partial charge in [0.05, 0.1) is 10.8 Å². The lowest BCUT2D eigenvalue weighted by molar-refractivity contribution is 0.575. The lowest BCUT2D eigenvalue weighted by atomic mass is 10.2. The smallest absolute Gasteiger partial charge is 0.213 e. The highest BCUT2D eigenvalue weighted by Gasteiger charge is 2.09. The van der Waals surface area contributed by atoms with Crippen LogP contribution in [0.25, 0.3) is 0 Å². The van der Waals surface area contributed by atoms with Gasteiger partial charge < -0.3 is 5.32 Å². The summed E-state index contributed by atoms with van der Waals surface area (Å²) < 4.78 is 39.6. The summed E-state index contributed by atoms with van der Waals surface area (Å²) in [5.41, 5.74) is 1.61.